The zero-order valence-corrected chi connectivity index (χ0v) is 10.3. The van der Waals surface area contributed by atoms with Crippen LogP contribution in [-0.2, 0) is 4.74 Å². The van der Waals surface area contributed by atoms with E-state index in [-0.39, 0.29) is 6.07 Å². The van der Waals surface area contributed by atoms with Crippen molar-refractivity contribution in [3.05, 3.63) is 60.2 Å². The first-order valence-electron chi connectivity index (χ1n) is 5.36. The molecule has 4 heteroatoms. The van der Waals surface area contributed by atoms with E-state index >= 15 is 0 Å². The second kappa shape index (κ2) is 6.07. The first-order valence-corrected chi connectivity index (χ1v) is 5.89. The van der Waals surface area contributed by atoms with E-state index in [1.807, 2.05) is 30.3 Å². The number of rotatable bonds is 4. The maximum Gasteiger partial charge on any atom is 0.343 e. The van der Waals surface area contributed by atoms with Crippen LogP contribution in [0.5, 0.6) is 11.5 Å². The first-order chi connectivity index (χ1) is 8.81. The van der Waals surface area contributed by atoms with E-state index in [4.69, 9.17) is 21.1 Å². The molecule has 0 bridgehead atoms. The number of benzene rings is 2. The Hall–Kier alpha value is -2.00. The van der Waals surface area contributed by atoms with Crippen molar-refractivity contribution in [1.82, 2.24) is 0 Å². The third-order valence-corrected chi connectivity index (χ3v) is 2.37. The molecule has 0 spiro atoms. The van der Waals surface area contributed by atoms with Gasteiger partial charge in [0, 0.05) is 0 Å². The molecule has 0 amide bonds. The number of hydrogen-bond acceptors (Lipinski definition) is 3. The average molecular weight is 263 g/mol. The summed E-state index contributed by atoms with van der Waals surface area (Å²) in [5, 5.41) is 0. The second-order valence-corrected chi connectivity index (χ2v) is 3.67. The normalized spacial score (nSPS) is 9.83. The number of ether oxygens (including phenoxy) is 2. The van der Waals surface area contributed by atoms with E-state index in [0.717, 1.165) is 0 Å². The van der Waals surface area contributed by atoms with Crippen molar-refractivity contribution in [3.63, 3.8) is 0 Å². The molecule has 0 unspecified atom stereocenters. The van der Waals surface area contributed by atoms with Crippen LogP contribution in [-0.4, -0.2) is 12.0 Å². The summed E-state index contributed by atoms with van der Waals surface area (Å²) in [7, 11) is 0. The summed E-state index contributed by atoms with van der Waals surface area (Å²) < 4.78 is 10.4. The van der Waals surface area contributed by atoms with Crippen LogP contribution in [0.2, 0.25) is 0 Å². The predicted octanol–water partition coefficient (Wildman–Crippen LogP) is 3.83. The van der Waals surface area contributed by atoms with E-state index in [1.54, 1.807) is 24.3 Å². The van der Waals surface area contributed by atoms with Crippen molar-refractivity contribution in [2.24, 2.45) is 0 Å². The summed E-state index contributed by atoms with van der Waals surface area (Å²) in [4.78, 5) is 11.7. The number of hydrogen-bond donors (Lipinski definition) is 0. The summed E-state index contributed by atoms with van der Waals surface area (Å²) in [6.45, 7) is 0. The van der Waals surface area contributed by atoms with Gasteiger partial charge < -0.3 is 9.47 Å². The molecular formula is C14H11ClO3. The van der Waals surface area contributed by atoms with Gasteiger partial charge in [-0.15, -0.1) is 0 Å². The summed E-state index contributed by atoms with van der Waals surface area (Å²) in [6.07, 6.45) is 0. The lowest BCUT2D eigenvalue weighted by atomic mass is 10.2. The Morgan fingerprint density at radius 3 is 2.39 bits per heavy atom. The van der Waals surface area contributed by atoms with Crippen LogP contribution >= 0.6 is 11.6 Å². The molecule has 0 aliphatic heterocycles. The Morgan fingerprint density at radius 2 is 1.67 bits per heavy atom. The van der Waals surface area contributed by atoms with Gasteiger partial charge in [-0.05, 0) is 24.3 Å². The van der Waals surface area contributed by atoms with Crippen molar-refractivity contribution >= 4 is 17.6 Å². The van der Waals surface area contributed by atoms with Crippen LogP contribution < -0.4 is 4.74 Å². The van der Waals surface area contributed by atoms with E-state index in [0.29, 0.717) is 17.1 Å². The lowest BCUT2D eigenvalue weighted by molar-refractivity contribution is 0.0571. The summed E-state index contributed by atoms with van der Waals surface area (Å²) in [5.74, 6) is 0.596. The topological polar surface area (TPSA) is 35.5 Å². The molecule has 0 aliphatic carbocycles. The first kappa shape index (κ1) is 12.5. The SMILES string of the molecule is O=C(OCCl)c1ccccc1Oc1ccccc1. The monoisotopic (exact) mass is 262 g/mol. The Bertz CT molecular complexity index is 526. The van der Waals surface area contributed by atoms with Gasteiger partial charge in [-0.2, -0.15) is 0 Å². The zero-order valence-electron chi connectivity index (χ0n) is 9.51. The molecule has 92 valence electrons. The molecule has 18 heavy (non-hydrogen) atoms. The fourth-order valence-electron chi connectivity index (χ4n) is 1.47. The molecule has 2 aromatic rings. The largest absolute Gasteiger partial charge is 0.456 e. The maximum absolute atomic E-state index is 11.7. The summed E-state index contributed by atoms with van der Waals surface area (Å²) in [6, 6.07) is 15.9. The van der Waals surface area contributed by atoms with Gasteiger partial charge in [-0.3, -0.25) is 0 Å². The number of alkyl halides is 1. The van der Waals surface area contributed by atoms with Crippen LogP contribution in [0.1, 0.15) is 10.4 Å². The Kier molecular flexibility index (Phi) is 4.20. The molecule has 0 heterocycles. The van der Waals surface area contributed by atoms with Crippen LogP contribution in [0.25, 0.3) is 0 Å². The highest BCUT2D eigenvalue weighted by molar-refractivity contribution is 6.17. The van der Waals surface area contributed by atoms with Gasteiger partial charge >= 0.3 is 5.97 Å². The molecule has 0 radical (unpaired) electrons. The highest BCUT2D eigenvalue weighted by Gasteiger charge is 2.13. The van der Waals surface area contributed by atoms with Gasteiger partial charge in [0.25, 0.3) is 0 Å². The Morgan fingerprint density at radius 1 is 1.00 bits per heavy atom. The Labute approximate surface area is 110 Å². The van der Waals surface area contributed by atoms with Gasteiger partial charge in [-0.1, -0.05) is 41.9 Å². The lowest BCUT2D eigenvalue weighted by Crippen LogP contribution is -2.05. The molecule has 0 saturated heterocycles. The van der Waals surface area contributed by atoms with Gasteiger partial charge in [0.1, 0.15) is 17.1 Å². The highest BCUT2D eigenvalue weighted by Crippen LogP contribution is 2.25. The number of para-hydroxylation sites is 2. The quantitative estimate of drug-likeness (QED) is 0.620. The minimum absolute atomic E-state index is 0.182. The van der Waals surface area contributed by atoms with Crippen LogP contribution in [0, 0.1) is 0 Å². The third-order valence-electron chi connectivity index (χ3n) is 2.26. The molecule has 0 N–H and O–H groups in total. The summed E-state index contributed by atoms with van der Waals surface area (Å²) in [5.41, 5.74) is 0.349. The van der Waals surface area contributed by atoms with E-state index in [9.17, 15) is 4.79 Å². The fraction of sp³-hybridized carbons (Fsp3) is 0.0714. The van der Waals surface area contributed by atoms with E-state index in [2.05, 4.69) is 0 Å². The molecule has 0 aliphatic rings. The number of halogens is 1. The van der Waals surface area contributed by atoms with Crippen molar-refractivity contribution in [2.45, 2.75) is 0 Å². The average Bonchev–Trinajstić information content (AvgIpc) is 2.41. The van der Waals surface area contributed by atoms with Crippen molar-refractivity contribution in [1.29, 1.82) is 0 Å². The molecule has 0 aromatic heterocycles. The van der Waals surface area contributed by atoms with E-state index in [1.165, 1.54) is 0 Å². The summed E-state index contributed by atoms with van der Waals surface area (Å²) >= 11 is 5.37. The van der Waals surface area contributed by atoms with Crippen molar-refractivity contribution in [2.75, 3.05) is 6.07 Å². The molecule has 0 atom stereocenters. The standard InChI is InChI=1S/C14H11ClO3/c15-10-17-14(16)12-8-4-5-9-13(12)18-11-6-2-1-3-7-11/h1-9H,10H2. The predicted molar refractivity (Wildman–Crippen MR) is 69.1 cm³/mol. The van der Waals surface area contributed by atoms with Gasteiger partial charge in [0.15, 0.2) is 6.07 Å². The van der Waals surface area contributed by atoms with Crippen LogP contribution in [0.4, 0.5) is 0 Å². The highest BCUT2D eigenvalue weighted by atomic mass is 35.5. The fourth-order valence-corrected chi connectivity index (χ4v) is 1.57. The van der Waals surface area contributed by atoms with Gasteiger partial charge in [0.2, 0.25) is 0 Å². The number of carbonyl (C=O) groups is 1. The van der Waals surface area contributed by atoms with Crippen molar-refractivity contribution in [3.8, 4) is 11.5 Å². The second-order valence-electron chi connectivity index (χ2n) is 3.45. The van der Waals surface area contributed by atoms with Crippen LogP contribution in [0.3, 0.4) is 0 Å². The molecule has 0 saturated carbocycles. The Balaban J connectivity index is 2.25. The van der Waals surface area contributed by atoms with E-state index < -0.39 is 5.97 Å². The molecule has 2 rings (SSSR count). The minimum Gasteiger partial charge on any atom is -0.456 e. The van der Waals surface area contributed by atoms with Gasteiger partial charge in [-0.25, -0.2) is 4.79 Å². The van der Waals surface area contributed by atoms with Crippen molar-refractivity contribution < 1.29 is 14.3 Å². The lowest BCUT2D eigenvalue weighted by Gasteiger charge is -2.09. The van der Waals surface area contributed by atoms with Gasteiger partial charge in [0.05, 0.1) is 0 Å². The number of carbonyl (C=O) groups excluding carboxylic acids is 1. The van der Waals surface area contributed by atoms with Crippen LogP contribution in [0.15, 0.2) is 54.6 Å². The maximum atomic E-state index is 11.7. The molecular weight excluding hydrogens is 252 g/mol. The third kappa shape index (κ3) is 3.02. The molecule has 3 nitrogen and oxygen atoms in total. The minimum atomic E-state index is -0.503. The smallest absolute Gasteiger partial charge is 0.343 e. The molecule has 0 fully saturated rings. The zero-order chi connectivity index (χ0) is 12.8. The molecule has 2 aromatic carbocycles. The number of esters is 1.